The zero-order chi connectivity index (χ0) is 13.8. The summed E-state index contributed by atoms with van der Waals surface area (Å²) in [5, 5.41) is 0. The average molecular weight is 320 g/mol. The van der Waals surface area contributed by atoms with Crippen LogP contribution >= 0.6 is 15.9 Å². The molecule has 0 radical (unpaired) electrons. The fraction of sp³-hybridized carbons (Fsp3) is 0.143. The summed E-state index contributed by atoms with van der Waals surface area (Å²) in [6.07, 6.45) is 1.88. The number of benzene rings is 1. The van der Waals surface area contributed by atoms with Crippen molar-refractivity contribution in [1.82, 2.24) is 4.98 Å². The summed E-state index contributed by atoms with van der Waals surface area (Å²) in [6.45, 7) is 0. The highest BCUT2D eigenvalue weighted by molar-refractivity contribution is 9.10. The maximum absolute atomic E-state index is 12.1. The molecule has 0 aliphatic carbocycles. The summed E-state index contributed by atoms with van der Waals surface area (Å²) in [5.74, 6) is 0.580. The van der Waals surface area contributed by atoms with Crippen molar-refractivity contribution in [3.8, 4) is 0 Å². The average Bonchev–Trinajstić information content (AvgIpc) is 2.41. The summed E-state index contributed by atoms with van der Waals surface area (Å²) in [7, 11) is 1.71. The van der Waals surface area contributed by atoms with E-state index in [1.165, 1.54) is 4.90 Å². The second kappa shape index (κ2) is 5.84. The van der Waals surface area contributed by atoms with Crippen molar-refractivity contribution in [3.05, 3.63) is 52.6 Å². The monoisotopic (exact) mass is 319 g/mol. The third-order valence-electron chi connectivity index (χ3n) is 2.76. The number of nitrogens with two attached hydrogens (primary N) is 1. The molecule has 19 heavy (non-hydrogen) atoms. The summed E-state index contributed by atoms with van der Waals surface area (Å²) < 4.78 is 0.997. The molecular weight excluding hydrogens is 306 g/mol. The third-order valence-corrected chi connectivity index (χ3v) is 3.29. The van der Waals surface area contributed by atoms with Crippen molar-refractivity contribution in [2.75, 3.05) is 17.7 Å². The van der Waals surface area contributed by atoms with E-state index in [1.54, 1.807) is 25.4 Å². The number of carbonyl (C=O) groups excluding carboxylic acids is 1. The molecule has 1 aromatic carbocycles. The first-order valence-electron chi connectivity index (χ1n) is 5.79. The van der Waals surface area contributed by atoms with Gasteiger partial charge in [-0.15, -0.1) is 0 Å². The van der Waals surface area contributed by atoms with E-state index < -0.39 is 0 Å². The number of halogens is 1. The van der Waals surface area contributed by atoms with E-state index in [0.717, 1.165) is 10.0 Å². The Kier molecular flexibility index (Phi) is 4.16. The van der Waals surface area contributed by atoms with Crippen LogP contribution in [-0.4, -0.2) is 17.9 Å². The molecule has 0 unspecified atom stereocenters. The fourth-order valence-electron chi connectivity index (χ4n) is 1.62. The van der Waals surface area contributed by atoms with Crippen LogP contribution < -0.4 is 10.6 Å². The number of aromatic nitrogens is 1. The molecule has 0 bridgehead atoms. The molecule has 2 aromatic rings. The first-order chi connectivity index (χ1) is 9.06. The lowest BCUT2D eigenvalue weighted by molar-refractivity contribution is -0.117. The molecule has 0 atom stereocenters. The molecule has 98 valence electrons. The van der Waals surface area contributed by atoms with Crippen LogP contribution in [0.1, 0.15) is 5.56 Å². The molecule has 0 saturated carbocycles. The molecule has 0 fully saturated rings. The fourth-order valence-corrected chi connectivity index (χ4v) is 1.88. The number of carbonyl (C=O) groups is 1. The van der Waals surface area contributed by atoms with E-state index in [9.17, 15) is 4.79 Å². The van der Waals surface area contributed by atoms with Crippen LogP contribution in [0.4, 0.5) is 11.5 Å². The van der Waals surface area contributed by atoms with Gasteiger partial charge in [-0.25, -0.2) is 4.98 Å². The van der Waals surface area contributed by atoms with Crippen LogP contribution in [0.15, 0.2) is 47.1 Å². The van der Waals surface area contributed by atoms with Crippen molar-refractivity contribution in [2.45, 2.75) is 6.42 Å². The van der Waals surface area contributed by atoms with Crippen LogP contribution in [0.3, 0.4) is 0 Å². The van der Waals surface area contributed by atoms with Gasteiger partial charge >= 0.3 is 0 Å². The molecule has 0 aliphatic heterocycles. The smallest absolute Gasteiger partial charge is 0.232 e. The first-order valence-corrected chi connectivity index (χ1v) is 6.58. The highest BCUT2D eigenvalue weighted by Gasteiger charge is 2.12. The lowest BCUT2D eigenvalue weighted by Gasteiger charge is -2.16. The third kappa shape index (κ3) is 3.54. The van der Waals surface area contributed by atoms with Gasteiger partial charge in [-0.05, 0) is 29.8 Å². The van der Waals surface area contributed by atoms with Crippen LogP contribution in [-0.2, 0) is 11.2 Å². The van der Waals surface area contributed by atoms with Crippen molar-refractivity contribution in [1.29, 1.82) is 0 Å². The maximum atomic E-state index is 12.1. The minimum atomic E-state index is -0.0143. The first kappa shape index (κ1) is 13.5. The Labute approximate surface area is 120 Å². The molecule has 1 aromatic heterocycles. The second-order valence-electron chi connectivity index (χ2n) is 4.21. The molecule has 0 aliphatic rings. The van der Waals surface area contributed by atoms with E-state index >= 15 is 0 Å². The summed E-state index contributed by atoms with van der Waals surface area (Å²) in [5.41, 5.74) is 7.12. The lowest BCUT2D eigenvalue weighted by atomic mass is 10.1. The van der Waals surface area contributed by atoms with E-state index in [-0.39, 0.29) is 5.91 Å². The Morgan fingerprint density at radius 3 is 2.53 bits per heavy atom. The number of hydrogen-bond acceptors (Lipinski definition) is 3. The Morgan fingerprint density at radius 2 is 1.95 bits per heavy atom. The topological polar surface area (TPSA) is 59.2 Å². The van der Waals surface area contributed by atoms with E-state index in [0.29, 0.717) is 17.9 Å². The molecule has 4 nitrogen and oxygen atoms in total. The molecule has 0 spiro atoms. The van der Waals surface area contributed by atoms with Gasteiger partial charge in [0.25, 0.3) is 0 Å². The standard InChI is InChI=1S/C14H14BrN3O/c1-18(13-7-6-12(16)9-17-13)14(19)8-10-2-4-11(15)5-3-10/h2-7,9H,8,16H2,1H3. The normalized spacial score (nSPS) is 10.2. The van der Waals surface area contributed by atoms with Crippen molar-refractivity contribution < 1.29 is 4.79 Å². The van der Waals surface area contributed by atoms with Crippen LogP contribution in [0.2, 0.25) is 0 Å². The Hall–Kier alpha value is -1.88. The largest absolute Gasteiger partial charge is 0.397 e. The van der Waals surface area contributed by atoms with E-state index in [1.807, 2.05) is 24.3 Å². The van der Waals surface area contributed by atoms with Gasteiger partial charge in [-0.1, -0.05) is 28.1 Å². The number of nitrogens with zero attached hydrogens (tertiary/aromatic N) is 2. The number of anilines is 2. The number of hydrogen-bond donors (Lipinski definition) is 1. The van der Waals surface area contributed by atoms with Crippen molar-refractivity contribution >= 4 is 33.3 Å². The van der Waals surface area contributed by atoms with Gasteiger partial charge in [0, 0.05) is 11.5 Å². The molecular formula is C14H14BrN3O. The number of amides is 1. The van der Waals surface area contributed by atoms with Crippen molar-refractivity contribution in [3.63, 3.8) is 0 Å². The number of likely N-dealkylation sites (N-methyl/N-ethyl adjacent to an activating group) is 1. The zero-order valence-corrected chi connectivity index (χ0v) is 12.1. The number of rotatable bonds is 3. The van der Waals surface area contributed by atoms with Crippen molar-refractivity contribution in [2.24, 2.45) is 0 Å². The molecule has 5 heteroatoms. The summed E-state index contributed by atoms with van der Waals surface area (Å²) >= 11 is 3.37. The SMILES string of the molecule is CN(C(=O)Cc1ccc(Br)cc1)c1ccc(N)cn1. The summed E-state index contributed by atoms with van der Waals surface area (Å²) in [4.78, 5) is 17.8. The quantitative estimate of drug-likeness (QED) is 0.946. The van der Waals surface area contributed by atoms with Gasteiger partial charge < -0.3 is 5.73 Å². The highest BCUT2D eigenvalue weighted by atomic mass is 79.9. The minimum absolute atomic E-state index is 0.0143. The molecule has 2 rings (SSSR count). The lowest BCUT2D eigenvalue weighted by Crippen LogP contribution is -2.28. The maximum Gasteiger partial charge on any atom is 0.232 e. The van der Waals surface area contributed by atoms with Gasteiger partial charge in [0.15, 0.2) is 0 Å². The predicted octanol–water partition coefficient (Wildman–Crippen LogP) is 2.63. The van der Waals surface area contributed by atoms with Gasteiger partial charge in [-0.3, -0.25) is 9.69 Å². The summed E-state index contributed by atoms with van der Waals surface area (Å²) in [6, 6.07) is 11.1. The Bertz CT molecular complexity index is 566. The van der Waals surface area contributed by atoms with E-state index in [4.69, 9.17) is 5.73 Å². The number of pyridine rings is 1. The van der Waals surface area contributed by atoms with Gasteiger partial charge in [0.05, 0.1) is 18.3 Å². The molecule has 1 heterocycles. The van der Waals surface area contributed by atoms with Gasteiger partial charge in [0.2, 0.25) is 5.91 Å². The minimum Gasteiger partial charge on any atom is -0.397 e. The molecule has 0 saturated heterocycles. The van der Waals surface area contributed by atoms with Gasteiger partial charge in [0.1, 0.15) is 5.82 Å². The predicted molar refractivity (Wildman–Crippen MR) is 79.9 cm³/mol. The Balaban J connectivity index is 2.07. The zero-order valence-electron chi connectivity index (χ0n) is 10.5. The number of nitrogen functional groups attached to an aromatic ring is 1. The van der Waals surface area contributed by atoms with E-state index in [2.05, 4.69) is 20.9 Å². The van der Waals surface area contributed by atoms with Crippen LogP contribution in [0.5, 0.6) is 0 Å². The Morgan fingerprint density at radius 1 is 1.26 bits per heavy atom. The van der Waals surface area contributed by atoms with Crippen LogP contribution in [0, 0.1) is 0 Å². The molecule has 1 amide bonds. The van der Waals surface area contributed by atoms with Gasteiger partial charge in [-0.2, -0.15) is 0 Å². The molecule has 2 N–H and O–H groups in total. The second-order valence-corrected chi connectivity index (χ2v) is 5.12. The van der Waals surface area contributed by atoms with Crippen LogP contribution in [0.25, 0.3) is 0 Å². The highest BCUT2D eigenvalue weighted by Crippen LogP contribution is 2.14.